The number of amides is 1. The van der Waals surface area contributed by atoms with Gasteiger partial charge in [-0.15, -0.1) is 0 Å². The molecule has 1 unspecified atom stereocenters. The van der Waals surface area contributed by atoms with Gasteiger partial charge in [-0.3, -0.25) is 4.79 Å². The van der Waals surface area contributed by atoms with Crippen molar-refractivity contribution in [3.63, 3.8) is 0 Å². The topological polar surface area (TPSA) is 57.7 Å². The van der Waals surface area contributed by atoms with Gasteiger partial charge in [0.15, 0.2) is 9.84 Å². The molecule has 1 saturated heterocycles. The van der Waals surface area contributed by atoms with Crippen LogP contribution in [0, 0.1) is 0 Å². The van der Waals surface area contributed by atoms with Gasteiger partial charge in [-0.1, -0.05) is 41.9 Å². The van der Waals surface area contributed by atoms with Gasteiger partial charge in [-0.05, 0) is 36.9 Å². The maximum Gasteiger partial charge on any atom is 0.238 e. The Morgan fingerprint density at radius 1 is 1.08 bits per heavy atom. The van der Waals surface area contributed by atoms with Gasteiger partial charge in [0, 0.05) is 24.7 Å². The minimum Gasteiger partial charge on any atom is -0.332 e. The van der Waals surface area contributed by atoms with Crippen LogP contribution in [-0.4, -0.2) is 56.6 Å². The third kappa shape index (κ3) is 4.26. The van der Waals surface area contributed by atoms with Crippen LogP contribution in [0.3, 0.4) is 0 Å². The summed E-state index contributed by atoms with van der Waals surface area (Å²) in [5, 5.41) is 0.457. The summed E-state index contributed by atoms with van der Waals surface area (Å²) in [4.78, 5) is 16.8. The predicted molar refractivity (Wildman–Crippen MR) is 102 cm³/mol. The van der Waals surface area contributed by atoms with Crippen molar-refractivity contribution >= 4 is 27.3 Å². The number of sulfone groups is 1. The van der Waals surface area contributed by atoms with Crippen LogP contribution in [0.4, 0.5) is 0 Å². The molecule has 1 fully saturated rings. The minimum absolute atomic E-state index is 0.112. The normalized spacial score (nSPS) is 18.7. The molecule has 0 bridgehead atoms. The summed E-state index contributed by atoms with van der Waals surface area (Å²) in [6.45, 7) is 1.90. The van der Waals surface area contributed by atoms with Gasteiger partial charge in [-0.25, -0.2) is 8.42 Å². The highest BCUT2D eigenvalue weighted by Crippen LogP contribution is 2.26. The van der Waals surface area contributed by atoms with Crippen molar-refractivity contribution in [2.24, 2.45) is 0 Å². The Bertz CT molecular complexity index is 869. The van der Waals surface area contributed by atoms with Crippen LogP contribution < -0.4 is 0 Å². The fourth-order valence-corrected chi connectivity index (χ4v) is 4.48. The molecule has 0 N–H and O–H groups in total. The lowest BCUT2D eigenvalue weighted by Crippen LogP contribution is -2.50. The molecule has 7 heteroatoms. The molecule has 26 heavy (non-hydrogen) atoms. The van der Waals surface area contributed by atoms with Crippen molar-refractivity contribution in [1.82, 2.24) is 9.80 Å². The van der Waals surface area contributed by atoms with Crippen LogP contribution in [0.15, 0.2) is 59.5 Å². The van der Waals surface area contributed by atoms with Crippen LogP contribution in [-0.2, 0) is 14.6 Å². The zero-order valence-corrected chi connectivity index (χ0v) is 16.1. The summed E-state index contributed by atoms with van der Waals surface area (Å²) in [5.41, 5.74) is 1.01. The zero-order chi connectivity index (χ0) is 18.7. The highest BCUT2D eigenvalue weighted by molar-refractivity contribution is 7.92. The number of carbonyl (C=O) groups is 1. The number of rotatable bonds is 4. The van der Waals surface area contributed by atoms with Crippen molar-refractivity contribution in [2.75, 3.05) is 32.4 Å². The molecule has 0 aliphatic carbocycles. The van der Waals surface area contributed by atoms with Crippen LogP contribution in [0.25, 0.3) is 0 Å². The molecule has 2 aromatic carbocycles. The van der Waals surface area contributed by atoms with E-state index in [2.05, 4.69) is 4.90 Å². The number of piperazine rings is 1. The molecular weight excluding hydrogens is 372 g/mol. The van der Waals surface area contributed by atoms with Crippen LogP contribution in [0.1, 0.15) is 11.6 Å². The van der Waals surface area contributed by atoms with E-state index in [1.165, 1.54) is 24.3 Å². The van der Waals surface area contributed by atoms with Crippen molar-refractivity contribution < 1.29 is 13.2 Å². The first kappa shape index (κ1) is 18.9. The number of hydrogen-bond acceptors (Lipinski definition) is 4. The Hall–Kier alpha value is -1.89. The third-order valence-corrected chi connectivity index (χ3v) is 6.44. The van der Waals surface area contributed by atoms with E-state index in [0.717, 1.165) is 12.1 Å². The summed E-state index contributed by atoms with van der Waals surface area (Å²) in [6, 6.07) is 15.5. The maximum atomic E-state index is 12.8. The summed E-state index contributed by atoms with van der Waals surface area (Å²) >= 11 is 5.82. The molecule has 0 spiro atoms. The van der Waals surface area contributed by atoms with E-state index in [4.69, 9.17) is 11.6 Å². The molecule has 1 atom stereocenters. The summed E-state index contributed by atoms with van der Waals surface area (Å²) in [5.74, 6) is -0.913. The summed E-state index contributed by atoms with van der Waals surface area (Å²) < 4.78 is 25.2. The number of nitrogens with zero attached hydrogens (tertiary/aromatic N) is 2. The molecule has 1 aliphatic rings. The van der Waals surface area contributed by atoms with E-state index >= 15 is 0 Å². The maximum absolute atomic E-state index is 12.8. The van der Waals surface area contributed by atoms with Gasteiger partial charge in [0.25, 0.3) is 0 Å². The van der Waals surface area contributed by atoms with Crippen molar-refractivity contribution in [1.29, 1.82) is 0 Å². The highest BCUT2D eigenvalue weighted by Gasteiger charge is 2.32. The molecule has 1 aliphatic heterocycles. The number of benzene rings is 2. The van der Waals surface area contributed by atoms with E-state index in [1.807, 2.05) is 37.4 Å². The van der Waals surface area contributed by atoms with Crippen molar-refractivity contribution in [2.45, 2.75) is 10.9 Å². The van der Waals surface area contributed by atoms with Gasteiger partial charge >= 0.3 is 0 Å². The number of likely N-dealkylation sites (N-methyl/N-ethyl adjacent to an activating group) is 1. The Kier molecular flexibility index (Phi) is 5.65. The van der Waals surface area contributed by atoms with E-state index in [0.29, 0.717) is 18.1 Å². The van der Waals surface area contributed by atoms with Gasteiger partial charge in [0.1, 0.15) is 5.75 Å². The molecular formula is C19H21ClN2O3S. The first-order chi connectivity index (χ1) is 12.4. The number of hydrogen-bond donors (Lipinski definition) is 0. The lowest BCUT2D eigenvalue weighted by molar-refractivity contribution is -0.133. The van der Waals surface area contributed by atoms with Gasteiger partial charge in [0.05, 0.1) is 10.9 Å². The van der Waals surface area contributed by atoms with Gasteiger partial charge in [-0.2, -0.15) is 0 Å². The second-order valence-corrected chi connectivity index (χ2v) is 8.91. The molecule has 138 valence electrons. The fraction of sp³-hybridized carbons (Fsp3) is 0.316. The van der Waals surface area contributed by atoms with Gasteiger partial charge in [0.2, 0.25) is 5.91 Å². The fourth-order valence-electron chi connectivity index (χ4n) is 3.15. The van der Waals surface area contributed by atoms with E-state index in [9.17, 15) is 13.2 Å². The SMILES string of the molecule is CN1CCN(C(=O)CS(=O)(=O)c2ccc(Cl)cc2)C(c2ccccc2)C1. The summed E-state index contributed by atoms with van der Waals surface area (Å²) in [7, 11) is -1.71. The average molecular weight is 393 g/mol. The largest absolute Gasteiger partial charge is 0.332 e. The standard InChI is InChI=1S/C19H21ClN2O3S/c1-21-11-12-22(18(13-21)15-5-3-2-4-6-15)19(23)14-26(24,25)17-9-7-16(20)8-10-17/h2-10,18H,11-14H2,1H3. The molecule has 3 rings (SSSR count). The molecule has 2 aromatic rings. The second-order valence-electron chi connectivity index (χ2n) is 6.49. The monoisotopic (exact) mass is 392 g/mol. The second kappa shape index (κ2) is 7.78. The zero-order valence-electron chi connectivity index (χ0n) is 14.5. The Morgan fingerprint density at radius 3 is 2.38 bits per heavy atom. The predicted octanol–water partition coefficient (Wildman–Crippen LogP) is 2.63. The van der Waals surface area contributed by atoms with Crippen molar-refractivity contribution in [3.8, 4) is 0 Å². The lowest BCUT2D eigenvalue weighted by atomic mass is 10.0. The quantitative estimate of drug-likeness (QED) is 0.802. The summed E-state index contributed by atoms with van der Waals surface area (Å²) in [6.07, 6.45) is 0. The molecule has 0 aromatic heterocycles. The lowest BCUT2D eigenvalue weighted by Gasteiger charge is -2.40. The minimum atomic E-state index is -3.71. The molecule has 0 radical (unpaired) electrons. The van der Waals surface area contributed by atoms with E-state index in [1.54, 1.807) is 4.90 Å². The van der Waals surface area contributed by atoms with E-state index in [-0.39, 0.29) is 16.8 Å². The third-order valence-electron chi connectivity index (χ3n) is 4.57. The van der Waals surface area contributed by atoms with Crippen LogP contribution in [0.5, 0.6) is 0 Å². The number of carbonyl (C=O) groups excluding carboxylic acids is 1. The molecule has 0 saturated carbocycles. The number of halogens is 1. The molecule has 1 heterocycles. The molecule has 5 nitrogen and oxygen atoms in total. The Labute approximate surface area is 159 Å². The average Bonchev–Trinajstić information content (AvgIpc) is 2.62. The highest BCUT2D eigenvalue weighted by atomic mass is 35.5. The first-order valence-electron chi connectivity index (χ1n) is 8.38. The van der Waals surface area contributed by atoms with Crippen molar-refractivity contribution in [3.05, 3.63) is 65.2 Å². The first-order valence-corrected chi connectivity index (χ1v) is 10.4. The van der Waals surface area contributed by atoms with Crippen LogP contribution >= 0.6 is 11.6 Å². The van der Waals surface area contributed by atoms with E-state index < -0.39 is 15.6 Å². The molecule has 1 amide bonds. The van der Waals surface area contributed by atoms with Gasteiger partial charge < -0.3 is 9.80 Å². The Balaban J connectivity index is 1.81. The smallest absolute Gasteiger partial charge is 0.238 e. The van der Waals surface area contributed by atoms with Crippen LogP contribution in [0.2, 0.25) is 5.02 Å². The Morgan fingerprint density at radius 2 is 1.73 bits per heavy atom.